The molecule has 2 amide bonds. The Morgan fingerprint density at radius 3 is 2.27 bits per heavy atom. The van der Waals surface area contributed by atoms with Gasteiger partial charge in [0.15, 0.2) is 6.04 Å². The van der Waals surface area contributed by atoms with Crippen LogP contribution in [0.2, 0.25) is 0 Å². The Labute approximate surface area is 266 Å². The normalized spacial score (nSPS) is 16.2. The van der Waals surface area contributed by atoms with Crippen LogP contribution in [0.4, 0.5) is 0 Å². The molecule has 1 saturated heterocycles. The van der Waals surface area contributed by atoms with Gasteiger partial charge in [0.05, 0.1) is 24.5 Å². The van der Waals surface area contributed by atoms with E-state index < -0.39 is 42.3 Å². The Bertz CT molecular complexity index is 1250. The first-order valence-corrected chi connectivity index (χ1v) is 15.7. The minimum absolute atomic E-state index is 0.0236. The lowest BCUT2D eigenvalue weighted by Crippen LogP contribution is -2.48. The quantitative estimate of drug-likeness (QED) is 0.135. The number of ether oxygens (including phenoxy) is 2. The molecule has 242 valence electrons. The molecule has 0 aliphatic carbocycles. The maximum absolute atomic E-state index is 13.5. The monoisotopic (exact) mass is 618 g/mol. The molecule has 1 heterocycles. The predicted octanol–water partition coefficient (Wildman–Crippen LogP) is 4.54. The molecule has 1 fully saturated rings. The molecule has 0 bridgehead atoms. The highest BCUT2D eigenvalue weighted by Gasteiger charge is 2.33. The van der Waals surface area contributed by atoms with Crippen LogP contribution in [0.15, 0.2) is 86.0 Å². The van der Waals surface area contributed by atoms with Gasteiger partial charge in [0.1, 0.15) is 13.2 Å². The van der Waals surface area contributed by atoms with Gasteiger partial charge in [-0.25, -0.2) is 4.79 Å². The third-order valence-corrected chi connectivity index (χ3v) is 7.99. The van der Waals surface area contributed by atoms with Gasteiger partial charge in [-0.1, -0.05) is 72.8 Å². The van der Waals surface area contributed by atoms with Gasteiger partial charge in [0, 0.05) is 13.0 Å². The third kappa shape index (κ3) is 11.6. The molecule has 0 spiro atoms. The third-order valence-electron chi connectivity index (χ3n) is 7.99. The van der Waals surface area contributed by atoms with E-state index in [0.717, 1.165) is 30.4 Å². The van der Waals surface area contributed by atoms with E-state index in [1.165, 1.54) is 0 Å². The number of benzene rings is 2. The lowest BCUT2D eigenvalue weighted by molar-refractivity contribution is -0.157. The molecule has 1 aliphatic heterocycles. The smallest absolute Gasteiger partial charge is 0.332 e. The number of esters is 2. The van der Waals surface area contributed by atoms with E-state index in [0.29, 0.717) is 25.8 Å². The molecular weight excluding hydrogens is 572 g/mol. The van der Waals surface area contributed by atoms with Gasteiger partial charge in [0.2, 0.25) is 11.8 Å². The van der Waals surface area contributed by atoms with Crippen molar-refractivity contribution < 1.29 is 33.8 Å². The summed E-state index contributed by atoms with van der Waals surface area (Å²) in [5.41, 5.74) is 1.75. The average Bonchev–Trinajstić information content (AvgIpc) is 3.55. The summed E-state index contributed by atoms with van der Waals surface area (Å²) in [7, 11) is 0. The minimum atomic E-state index is -1.28. The molecule has 0 radical (unpaired) electrons. The lowest BCUT2D eigenvalue weighted by atomic mass is 9.94. The van der Waals surface area contributed by atoms with Crippen LogP contribution in [0, 0.1) is 11.8 Å². The Kier molecular flexibility index (Phi) is 15.0. The lowest BCUT2D eigenvalue weighted by Gasteiger charge is -2.26. The van der Waals surface area contributed by atoms with Crippen molar-refractivity contribution in [2.45, 2.75) is 70.1 Å². The van der Waals surface area contributed by atoms with Gasteiger partial charge in [-0.3, -0.25) is 14.4 Å². The summed E-state index contributed by atoms with van der Waals surface area (Å²) in [6.07, 6.45) is 7.48. The van der Waals surface area contributed by atoms with Crippen molar-refractivity contribution in [1.82, 2.24) is 10.2 Å². The van der Waals surface area contributed by atoms with E-state index in [1.54, 1.807) is 17.1 Å². The number of carbonyl (C=O) groups excluding carboxylic acids is 4. The molecule has 1 aliphatic rings. The molecule has 4 atom stereocenters. The van der Waals surface area contributed by atoms with E-state index in [9.17, 15) is 24.3 Å². The fraction of sp³-hybridized carbons (Fsp3) is 0.444. The number of aliphatic hydroxyl groups is 1. The number of aliphatic hydroxyl groups excluding tert-OH is 1. The molecule has 9 heteroatoms. The van der Waals surface area contributed by atoms with E-state index in [1.807, 2.05) is 60.7 Å². The molecule has 2 aromatic rings. The number of amides is 2. The largest absolute Gasteiger partial charge is 0.463 e. The Morgan fingerprint density at radius 1 is 0.933 bits per heavy atom. The second kappa shape index (κ2) is 19.2. The van der Waals surface area contributed by atoms with Gasteiger partial charge in [-0.15, -0.1) is 13.2 Å². The van der Waals surface area contributed by atoms with E-state index in [-0.39, 0.29) is 38.0 Å². The van der Waals surface area contributed by atoms with Gasteiger partial charge < -0.3 is 24.8 Å². The number of nitrogens with zero attached hydrogens (tertiary/aromatic N) is 1. The van der Waals surface area contributed by atoms with Crippen molar-refractivity contribution in [3.63, 3.8) is 0 Å². The maximum Gasteiger partial charge on any atom is 0.332 e. The second-order valence-corrected chi connectivity index (χ2v) is 11.4. The van der Waals surface area contributed by atoms with E-state index in [4.69, 9.17) is 9.47 Å². The summed E-state index contributed by atoms with van der Waals surface area (Å²) in [6.45, 7) is 7.43. The molecule has 3 rings (SSSR count). The standard InChI is InChI=1S/C36H46N2O7/c1-3-5-8-19-30(22-27-15-9-6-10-16-27)35(42)45-26-32(36(43)44-25-28-17-11-7-12-18-28)37-34(41)29(14-4-2)23-33(40)38-21-13-20-31(38)24-39/h3-4,6-7,9-12,15-18,29-32,39H,1-2,5,8,13-14,19-26H2,(H,37,41)/t29-,30-,31+,32-/m1/s1. The number of nitrogens with one attached hydrogen (secondary N) is 1. The first-order valence-electron chi connectivity index (χ1n) is 15.7. The highest BCUT2D eigenvalue weighted by Crippen LogP contribution is 2.22. The van der Waals surface area contributed by atoms with Gasteiger partial charge in [0.25, 0.3) is 0 Å². The van der Waals surface area contributed by atoms with Crippen LogP contribution >= 0.6 is 0 Å². The van der Waals surface area contributed by atoms with Gasteiger partial charge in [-0.2, -0.15) is 0 Å². The fourth-order valence-electron chi connectivity index (χ4n) is 5.45. The van der Waals surface area contributed by atoms with Crippen LogP contribution in [-0.4, -0.2) is 65.6 Å². The van der Waals surface area contributed by atoms with Crippen molar-refractivity contribution in [1.29, 1.82) is 0 Å². The molecule has 0 unspecified atom stereocenters. The van der Waals surface area contributed by atoms with Gasteiger partial charge in [-0.05, 0) is 56.1 Å². The molecule has 45 heavy (non-hydrogen) atoms. The average molecular weight is 619 g/mol. The molecular formula is C36H46N2O7. The zero-order valence-corrected chi connectivity index (χ0v) is 26.0. The van der Waals surface area contributed by atoms with Crippen LogP contribution in [0.1, 0.15) is 56.1 Å². The number of rotatable bonds is 19. The SMILES string of the molecule is C=CCCC[C@H](Cc1ccccc1)C(=O)OC[C@@H](NC(=O)[C@H](CC=C)CC(=O)N1CCC[C@H]1CO)C(=O)OCc1ccccc1. The van der Waals surface area contributed by atoms with Crippen molar-refractivity contribution in [3.05, 3.63) is 97.1 Å². The summed E-state index contributed by atoms with van der Waals surface area (Å²) in [4.78, 5) is 54.7. The first-order chi connectivity index (χ1) is 21.9. The Balaban J connectivity index is 1.72. The number of carbonyl (C=O) groups is 4. The number of allylic oxidation sites excluding steroid dienone is 2. The van der Waals surface area contributed by atoms with Crippen molar-refractivity contribution >= 4 is 23.8 Å². The van der Waals surface area contributed by atoms with Crippen LogP contribution in [0.25, 0.3) is 0 Å². The molecule has 9 nitrogen and oxygen atoms in total. The second-order valence-electron chi connectivity index (χ2n) is 11.4. The van der Waals surface area contributed by atoms with Crippen LogP contribution < -0.4 is 5.32 Å². The summed E-state index contributed by atoms with van der Waals surface area (Å²) in [6, 6.07) is 17.2. The van der Waals surface area contributed by atoms with Crippen molar-refractivity contribution in [3.8, 4) is 0 Å². The fourth-order valence-corrected chi connectivity index (χ4v) is 5.45. The predicted molar refractivity (Wildman–Crippen MR) is 172 cm³/mol. The topological polar surface area (TPSA) is 122 Å². The number of hydrogen-bond donors (Lipinski definition) is 2. The molecule has 2 N–H and O–H groups in total. The van der Waals surface area contributed by atoms with E-state index >= 15 is 0 Å². The molecule has 0 aromatic heterocycles. The first kappa shape index (κ1) is 35.2. The minimum Gasteiger partial charge on any atom is -0.463 e. The Hall–Kier alpha value is -4.24. The number of unbranched alkanes of at least 4 members (excludes halogenated alkanes) is 1. The summed E-state index contributed by atoms with van der Waals surface area (Å²) < 4.78 is 11.2. The highest BCUT2D eigenvalue weighted by molar-refractivity contribution is 5.89. The number of likely N-dealkylation sites (tertiary alicyclic amines) is 1. The Morgan fingerprint density at radius 2 is 1.62 bits per heavy atom. The van der Waals surface area contributed by atoms with Crippen molar-refractivity contribution in [2.75, 3.05) is 19.8 Å². The summed E-state index contributed by atoms with van der Waals surface area (Å²) in [5.74, 6) is -3.27. The number of hydrogen-bond acceptors (Lipinski definition) is 7. The zero-order chi connectivity index (χ0) is 32.4. The highest BCUT2D eigenvalue weighted by atomic mass is 16.6. The van der Waals surface area contributed by atoms with Crippen molar-refractivity contribution in [2.24, 2.45) is 11.8 Å². The van der Waals surface area contributed by atoms with Crippen LogP contribution in [0.3, 0.4) is 0 Å². The maximum atomic E-state index is 13.5. The van der Waals surface area contributed by atoms with Crippen LogP contribution in [-0.2, 0) is 41.7 Å². The van der Waals surface area contributed by atoms with Crippen LogP contribution in [0.5, 0.6) is 0 Å². The van der Waals surface area contributed by atoms with Gasteiger partial charge >= 0.3 is 11.9 Å². The van der Waals surface area contributed by atoms with E-state index in [2.05, 4.69) is 18.5 Å². The summed E-state index contributed by atoms with van der Waals surface area (Å²) in [5, 5.41) is 12.3. The molecule has 2 aromatic carbocycles. The summed E-state index contributed by atoms with van der Waals surface area (Å²) >= 11 is 0. The molecule has 0 saturated carbocycles. The zero-order valence-electron chi connectivity index (χ0n) is 26.0.